The molecule has 130 valence electrons. The standard InChI is InChI=1S/C17H25N5O2/c1-2-3-8-21(9-10-23)17(24)19-11-15-4-6-16(7-5-15)12-22-14-18-13-20-22/h4-7,13-14,23H,2-3,8-12H2,1H3,(H,19,24). The Bertz CT molecular complexity index is 598. The second-order valence-corrected chi connectivity index (χ2v) is 5.63. The first-order valence-corrected chi connectivity index (χ1v) is 8.26. The van der Waals surface area contributed by atoms with Crippen LogP contribution in [-0.4, -0.2) is 50.5 Å². The van der Waals surface area contributed by atoms with Gasteiger partial charge in [-0.15, -0.1) is 0 Å². The van der Waals surface area contributed by atoms with Gasteiger partial charge in [-0.2, -0.15) is 5.10 Å². The number of hydrogen-bond donors (Lipinski definition) is 2. The van der Waals surface area contributed by atoms with Crippen molar-refractivity contribution in [2.45, 2.75) is 32.9 Å². The van der Waals surface area contributed by atoms with E-state index in [2.05, 4.69) is 22.3 Å². The summed E-state index contributed by atoms with van der Waals surface area (Å²) in [6, 6.07) is 7.89. The third-order valence-electron chi connectivity index (χ3n) is 3.72. The molecule has 2 amide bonds. The number of aliphatic hydroxyl groups excluding tert-OH is 1. The van der Waals surface area contributed by atoms with E-state index in [1.165, 1.54) is 6.33 Å². The number of hydrogen-bond acceptors (Lipinski definition) is 4. The smallest absolute Gasteiger partial charge is 0.317 e. The highest BCUT2D eigenvalue weighted by atomic mass is 16.3. The molecule has 0 aliphatic carbocycles. The van der Waals surface area contributed by atoms with Gasteiger partial charge < -0.3 is 15.3 Å². The number of carbonyl (C=O) groups is 1. The first-order valence-electron chi connectivity index (χ1n) is 8.26. The van der Waals surface area contributed by atoms with Crippen molar-refractivity contribution in [3.63, 3.8) is 0 Å². The van der Waals surface area contributed by atoms with Crippen LogP contribution in [-0.2, 0) is 13.1 Å². The van der Waals surface area contributed by atoms with Crippen LogP contribution in [0.25, 0.3) is 0 Å². The lowest BCUT2D eigenvalue weighted by molar-refractivity contribution is 0.176. The predicted molar refractivity (Wildman–Crippen MR) is 91.4 cm³/mol. The number of nitrogens with one attached hydrogen (secondary N) is 1. The third kappa shape index (κ3) is 5.66. The van der Waals surface area contributed by atoms with Crippen molar-refractivity contribution in [3.05, 3.63) is 48.0 Å². The van der Waals surface area contributed by atoms with Gasteiger partial charge in [-0.25, -0.2) is 14.5 Å². The molecule has 0 saturated carbocycles. The van der Waals surface area contributed by atoms with Crippen LogP contribution in [0, 0.1) is 0 Å². The number of rotatable bonds is 9. The summed E-state index contributed by atoms with van der Waals surface area (Å²) in [4.78, 5) is 17.8. The second kappa shape index (κ2) is 9.67. The van der Waals surface area contributed by atoms with Gasteiger partial charge in [0.25, 0.3) is 0 Å². The molecule has 0 saturated heterocycles. The average molecular weight is 331 g/mol. The zero-order valence-corrected chi connectivity index (χ0v) is 14.1. The molecule has 2 aromatic rings. The predicted octanol–water partition coefficient (Wildman–Crippen LogP) is 1.63. The SMILES string of the molecule is CCCCN(CCO)C(=O)NCc1ccc(Cn2cncn2)cc1. The summed E-state index contributed by atoms with van der Waals surface area (Å²) < 4.78 is 1.76. The highest BCUT2D eigenvalue weighted by Gasteiger charge is 2.11. The Hall–Kier alpha value is -2.41. The topological polar surface area (TPSA) is 83.3 Å². The average Bonchev–Trinajstić information content (AvgIpc) is 3.10. The summed E-state index contributed by atoms with van der Waals surface area (Å²) in [7, 11) is 0. The first-order chi connectivity index (χ1) is 11.7. The summed E-state index contributed by atoms with van der Waals surface area (Å²) in [5, 5.41) is 16.1. The zero-order valence-electron chi connectivity index (χ0n) is 14.1. The number of aromatic nitrogens is 3. The molecule has 0 bridgehead atoms. The zero-order chi connectivity index (χ0) is 17.2. The lowest BCUT2D eigenvalue weighted by Gasteiger charge is -2.22. The Labute approximate surface area is 142 Å². The number of nitrogens with zero attached hydrogens (tertiary/aromatic N) is 4. The molecule has 1 aromatic heterocycles. The minimum Gasteiger partial charge on any atom is -0.395 e. The Morgan fingerprint density at radius 3 is 2.62 bits per heavy atom. The Morgan fingerprint density at radius 2 is 2.00 bits per heavy atom. The number of carbonyl (C=O) groups excluding carboxylic acids is 1. The highest BCUT2D eigenvalue weighted by Crippen LogP contribution is 2.06. The maximum absolute atomic E-state index is 12.2. The number of amides is 2. The van der Waals surface area contributed by atoms with E-state index in [0.717, 1.165) is 24.0 Å². The molecule has 0 aliphatic rings. The molecule has 0 radical (unpaired) electrons. The van der Waals surface area contributed by atoms with Crippen molar-refractivity contribution in [2.24, 2.45) is 0 Å². The van der Waals surface area contributed by atoms with E-state index in [0.29, 0.717) is 26.2 Å². The van der Waals surface area contributed by atoms with Crippen LogP contribution >= 0.6 is 0 Å². The molecule has 0 atom stereocenters. The molecule has 7 nitrogen and oxygen atoms in total. The summed E-state index contributed by atoms with van der Waals surface area (Å²) >= 11 is 0. The van der Waals surface area contributed by atoms with Crippen LogP contribution in [0.1, 0.15) is 30.9 Å². The summed E-state index contributed by atoms with van der Waals surface area (Å²) in [6.45, 7) is 4.23. The molecular formula is C17H25N5O2. The van der Waals surface area contributed by atoms with E-state index in [-0.39, 0.29) is 12.6 Å². The summed E-state index contributed by atoms with van der Waals surface area (Å²) in [5.74, 6) is 0. The van der Waals surface area contributed by atoms with Crippen LogP contribution in [0.5, 0.6) is 0 Å². The van der Waals surface area contributed by atoms with Gasteiger partial charge in [0.05, 0.1) is 13.2 Å². The van der Waals surface area contributed by atoms with Gasteiger partial charge in [0.15, 0.2) is 0 Å². The Morgan fingerprint density at radius 1 is 1.25 bits per heavy atom. The van der Waals surface area contributed by atoms with Gasteiger partial charge in [0, 0.05) is 19.6 Å². The van der Waals surface area contributed by atoms with E-state index < -0.39 is 0 Å². The van der Waals surface area contributed by atoms with Crippen molar-refractivity contribution in [3.8, 4) is 0 Å². The van der Waals surface area contributed by atoms with Crippen LogP contribution in [0.4, 0.5) is 4.79 Å². The highest BCUT2D eigenvalue weighted by molar-refractivity contribution is 5.74. The molecule has 0 fully saturated rings. The Balaban J connectivity index is 1.83. The molecule has 1 aromatic carbocycles. The largest absolute Gasteiger partial charge is 0.395 e. The van der Waals surface area contributed by atoms with Crippen LogP contribution in [0.15, 0.2) is 36.9 Å². The monoisotopic (exact) mass is 331 g/mol. The van der Waals surface area contributed by atoms with Crippen molar-refractivity contribution in [2.75, 3.05) is 19.7 Å². The van der Waals surface area contributed by atoms with E-state index in [4.69, 9.17) is 5.11 Å². The number of urea groups is 1. The normalized spacial score (nSPS) is 10.6. The molecule has 1 heterocycles. The summed E-state index contributed by atoms with van der Waals surface area (Å²) in [6.07, 6.45) is 5.15. The Kier molecular flexibility index (Phi) is 7.22. The number of aliphatic hydroxyl groups is 1. The van der Waals surface area contributed by atoms with Gasteiger partial charge in [-0.05, 0) is 17.5 Å². The molecule has 2 N–H and O–H groups in total. The van der Waals surface area contributed by atoms with Gasteiger partial charge in [-0.3, -0.25) is 0 Å². The third-order valence-corrected chi connectivity index (χ3v) is 3.72. The first kappa shape index (κ1) is 17.9. The quantitative estimate of drug-likeness (QED) is 0.731. The van der Waals surface area contributed by atoms with Gasteiger partial charge >= 0.3 is 6.03 Å². The fourth-order valence-corrected chi connectivity index (χ4v) is 2.34. The lowest BCUT2D eigenvalue weighted by Crippen LogP contribution is -2.41. The van der Waals surface area contributed by atoms with E-state index >= 15 is 0 Å². The van der Waals surface area contributed by atoms with Crippen molar-refractivity contribution >= 4 is 6.03 Å². The van der Waals surface area contributed by atoms with Crippen LogP contribution in [0.3, 0.4) is 0 Å². The second-order valence-electron chi connectivity index (χ2n) is 5.63. The molecule has 0 aliphatic heterocycles. The fourth-order valence-electron chi connectivity index (χ4n) is 2.34. The van der Waals surface area contributed by atoms with Crippen molar-refractivity contribution < 1.29 is 9.90 Å². The molecule has 7 heteroatoms. The van der Waals surface area contributed by atoms with Gasteiger partial charge in [0.1, 0.15) is 12.7 Å². The minimum atomic E-state index is -0.135. The maximum Gasteiger partial charge on any atom is 0.317 e. The molecular weight excluding hydrogens is 306 g/mol. The van der Waals surface area contributed by atoms with E-state index in [1.54, 1.807) is 15.9 Å². The number of benzene rings is 1. The van der Waals surface area contributed by atoms with Crippen LogP contribution < -0.4 is 5.32 Å². The fraction of sp³-hybridized carbons (Fsp3) is 0.471. The maximum atomic E-state index is 12.2. The molecule has 0 spiro atoms. The molecule has 2 rings (SSSR count). The van der Waals surface area contributed by atoms with Crippen LogP contribution in [0.2, 0.25) is 0 Å². The van der Waals surface area contributed by atoms with Gasteiger partial charge in [0.2, 0.25) is 0 Å². The van der Waals surface area contributed by atoms with Crippen molar-refractivity contribution in [1.29, 1.82) is 0 Å². The van der Waals surface area contributed by atoms with Gasteiger partial charge in [-0.1, -0.05) is 37.6 Å². The van der Waals surface area contributed by atoms with Crippen molar-refractivity contribution in [1.82, 2.24) is 25.0 Å². The van der Waals surface area contributed by atoms with E-state index in [9.17, 15) is 4.79 Å². The number of unbranched alkanes of at least 4 members (excludes halogenated alkanes) is 1. The summed E-state index contributed by atoms with van der Waals surface area (Å²) in [5.41, 5.74) is 2.16. The lowest BCUT2D eigenvalue weighted by atomic mass is 10.1. The van der Waals surface area contributed by atoms with E-state index in [1.807, 2.05) is 24.3 Å². The minimum absolute atomic E-state index is 0.0197. The molecule has 24 heavy (non-hydrogen) atoms. The molecule has 0 unspecified atom stereocenters.